The molecule has 2 atom stereocenters. The van der Waals surface area contributed by atoms with Crippen LogP contribution < -0.4 is 0 Å². The van der Waals surface area contributed by atoms with Crippen molar-refractivity contribution in [3.8, 4) is 0 Å². The van der Waals surface area contributed by atoms with Gasteiger partial charge in [-0.25, -0.2) is 0 Å². The third-order valence-corrected chi connectivity index (χ3v) is 8.64. The minimum absolute atomic E-state index is 0.0429. The van der Waals surface area contributed by atoms with E-state index in [2.05, 4.69) is 26.0 Å². The van der Waals surface area contributed by atoms with Gasteiger partial charge in [0, 0.05) is 24.9 Å². The van der Waals surface area contributed by atoms with E-state index >= 15 is 0 Å². The number of benzene rings is 3. The summed E-state index contributed by atoms with van der Waals surface area (Å²) in [6.45, 7) is 4.83. The first-order valence-corrected chi connectivity index (χ1v) is 14.5. The first kappa shape index (κ1) is 28.6. The standard InChI is InChI=1S/C33H37NO4S/c1-24(2)27-17-10-11-18-29(27)39-31-28(35)23-33(38-32(31)37,26-15-8-5-9-16-26)21-12-19-30(36)34(3)22-20-25-13-6-4-7-14-25/h4-11,13-18,24,31H,12,19-23H2,1-3H3. The molecule has 1 aliphatic rings. The summed E-state index contributed by atoms with van der Waals surface area (Å²) in [5.41, 5.74) is 2.03. The molecule has 1 aliphatic heterocycles. The van der Waals surface area contributed by atoms with Crippen molar-refractivity contribution in [2.75, 3.05) is 13.6 Å². The van der Waals surface area contributed by atoms with Crippen molar-refractivity contribution in [1.29, 1.82) is 0 Å². The lowest BCUT2D eigenvalue weighted by Crippen LogP contribution is -2.47. The maximum absolute atomic E-state index is 13.5. The number of thioether (sulfide) groups is 1. The van der Waals surface area contributed by atoms with Crippen molar-refractivity contribution < 1.29 is 19.1 Å². The van der Waals surface area contributed by atoms with Crippen molar-refractivity contribution in [3.05, 3.63) is 102 Å². The van der Waals surface area contributed by atoms with Gasteiger partial charge >= 0.3 is 5.97 Å². The van der Waals surface area contributed by atoms with Crippen LogP contribution in [0.3, 0.4) is 0 Å². The average Bonchev–Trinajstić information content (AvgIpc) is 2.94. The fraction of sp³-hybridized carbons (Fsp3) is 0.364. The first-order chi connectivity index (χ1) is 18.8. The van der Waals surface area contributed by atoms with E-state index in [4.69, 9.17) is 4.74 Å². The van der Waals surface area contributed by atoms with Gasteiger partial charge in [0.05, 0.1) is 6.42 Å². The van der Waals surface area contributed by atoms with Crippen molar-refractivity contribution in [2.45, 2.75) is 67.6 Å². The maximum Gasteiger partial charge on any atom is 0.327 e. The van der Waals surface area contributed by atoms with Gasteiger partial charge in [0.25, 0.3) is 0 Å². The molecule has 39 heavy (non-hydrogen) atoms. The third kappa shape index (κ3) is 7.18. The van der Waals surface area contributed by atoms with Crippen molar-refractivity contribution >= 4 is 29.4 Å². The number of hydrogen-bond acceptors (Lipinski definition) is 5. The summed E-state index contributed by atoms with van der Waals surface area (Å²) in [5.74, 6) is -0.327. The van der Waals surface area contributed by atoms with Crippen LogP contribution in [0.15, 0.2) is 89.8 Å². The molecule has 0 bridgehead atoms. The quantitative estimate of drug-likeness (QED) is 0.203. The van der Waals surface area contributed by atoms with E-state index in [-0.39, 0.29) is 24.0 Å². The zero-order chi connectivity index (χ0) is 27.8. The molecule has 1 heterocycles. The van der Waals surface area contributed by atoms with E-state index in [1.165, 1.54) is 17.3 Å². The van der Waals surface area contributed by atoms with E-state index in [1.54, 1.807) is 4.90 Å². The zero-order valence-electron chi connectivity index (χ0n) is 23.0. The number of esters is 1. The number of Topliss-reactive ketones (excluding diaryl/α,β-unsaturated/α-hetero) is 1. The Morgan fingerprint density at radius 1 is 0.974 bits per heavy atom. The molecule has 0 N–H and O–H groups in total. The van der Waals surface area contributed by atoms with Gasteiger partial charge < -0.3 is 9.64 Å². The molecular weight excluding hydrogens is 506 g/mol. The van der Waals surface area contributed by atoms with Gasteiger partial charge in [0.15, 0.2) is 11.0 Å². The van der Waals surface area contributed by atoms with Crippen LogP contribution in [0, 0.1) is 0 Å². The minimum atomic E-state index is -1.06. The molecule has 204 valence electrons. The number of cyclic esters (lactones) is 1. The summed E-state index contributed by atoms with van der Waals surface area (Å²) in [4.78, 5) is 42.4. The van der Waals surface area contributed by atoms with Gasteiger partial charge in [-0.3, -0.25) is 14.4 Å². The molecule has 0 aromatic heterocycles. The lowest BCUT2D eigenvalue weighted by molar-refractivity contribution is -0.172. The Labute approximate surface area is 235 Å². The Kier molecular flexibility index (Phi) is 9.63. The van der Waals surface area contributed by atoms with Gasteiger partial charge in [-0.15, -0.1) is 11.8 Å². The summed E-state index contributed by atoms with van der Waals surface area (Å²) in [7, 11) is 1.82. The molecule has 0 radical (unpaired) electrons. The minimum Gasteiger partial charge on any atom is -0.453 e. The molecule has 5 nitrogen and oxygen atoms in total. The number of nitrogens with zero attached hydrogens (tertiary/aromatic N) is 1. The summed E-state index contributed by atoms with van der Waals surface area (Å²) >= 11 is 1.28. The number of ketones is 1. The number of carbonyl (C=O) groups is 3. The van der Waals surface area contributed by atoms with Crippen LogP contribution in [0.25, 0.3) is 0 Å². The predicted molar refractivity (Wildman–Crippen MR) is 156 cm³/mol. The van der Waals surface area contributed by atoms with Crippen molar-refractivity contribution in [2.24, 2.45) is 0 Å². The van der Waals surface area contributed by atoms with Crippen LogP contribution in [-0.2, 0) is 31.1 Å². The molecule has 1 saturated heterocycles. The Morgan fingerprint density at radius 3 is 2.28 bits per heavy atom. The van der Waals surface area contributed by atoms with Crippen LogP contribution in [-0.4, -0.2) is 41.4 Å². The summed E-state index contributed by atoms with van der Waals surface area (Å²) in [5, 5.41) is -0.896. The number of carbonyl (C=O) groups excluding carboxylic acids is 3. The number of likely N-dealkylation sites (N-methyl/N-ethyl adjacent to an activating group) is 1. The average molecular weight is 544 g/mol. The second-order valence-electron chi connectivity index (χ2n) is 10.5. The highest BCUT2D eigenvalue weighted by Crippen LogP contribution is 2.43. The third-order valence-electron chi connectivity index (χ3n) is 7.32. The first-order valence-electron chi connectivity index (χ1n) is 13.6. The number of hydrogen-bond donors (Lipinski definition) is 0. The molecule has 0 spiro atoms. The van der Waals surface area contributed by atoms with E-state index in [0.717, 1.165) is 22.4 Å². The molecular formula is C33H37NO4S. The van der Waals surface area contributed by atoms with E-state index < -0.39 is 16.8 Å². The second-order valence-corrected chi connectivity index (χ2v) is 11.7. The number of ether oxygens (including phenoxy) is 1. The highest BCUT2D eigenvalue weighted by Gasteiger charge is 2.48. The lowest BCUT2D eigenvalue weighted by atomic mass is 9.81. The van der Waals surface area contributed by atoms with Crippen LogP contribution in [0.4, 0.5) is 0 Å². The van der Waals surface area contributed by atoms with Crippen LogP contribution in [0.2, 0.25) is 0 Å². The Balaban J connectivity index is 1.43. The zero-order valence-corrected chi connectivity index (χ0v) is 23.8. The molecule has 2 unspecified atom stereocenters. The van der Waals surface area contributed by atoms with Crippen LogP contribution >= 0.6 is 11.8 Å². The highest BCUT2D eigenvalue weighted by molar-refractivity contribution is 8.01. The largest absolute Gasteiger partial charge is 0.453 e. The number of rotatable bonds is 11. The molecule has 0 aliphatic carbocycles. The molecule has 3 aromatic carbocycles. The van der Waals surface area contributed by atoms with Crippen LogP contribution in [0.5, 0.6) is 0 Å². The molecule has 1 fully saturated rings. The number of amides is 1. The fourth-order valence-corrected chi connectivity index (χ4v) is 6.27. The summed E-state index contributed by atoms with van der Waals surface area (Å²) < 4.78 is 6.16. The van der Waals surface area contributed by atoms with E-state index in [0.29, 0.717) is 25.8 Å². The van der Waals surface area contributed by atoms with Gasteiger partial charge in [0.2, 0.25) is 5.91 Å². The van der Waals surface area contributed by atoms with E-state index in [1.807, 2.05) is 79.8 Å². The van der Waals surface area contributed by atoms with Gasteiger partial charge in [-0.05, 0) is 47.9 Å². The van der Waals surface area contributed by atoms with E-state index in [9.17, 15) is 14.4 Å². The molecule has 1 amide bonds. The Bertz CT molecular complexity index is 1260. The van der Waals surface area contributed by atoms with Crippen molar-refractivity contribution in [3.63, 3.8) is 0 Å². The lowest BCUT2D eigenvalue weighted by Gasteiger charge is -2.39. The highest BCUT2D eigenvalue weighted by atomic mass is 32.2. The molecule has 3 aromatic rings. The fourth-order valence-electron chi connectivity index (χ4n) is 5.06. The van der Waals surface area contributed by atoms with Gasteiger partial charge in [0.1, 0.15) is 5.60 Å². The second kappa shape index (κ2) is 13.1. The normalized spacial score (nSPS) is 19.1. The van der Waals surface area contributed by atoms with Crippen LogP contribution in [0.1, 0.15) is 62.1 Å². The molecule has 4 rings (SSSR count). The van der Waals surface area contributed by atoms with Crippen molar-refractivity contribution in [1.82, 2.24) is 4.90 Å². The maximum atomic E-state index is 13.5. The summed E-state index contributed by atoms with van der Waals surface area (Å²) in [6, 6.07) is 27.5. The Morgan fingerprint density at radius 2 is 1.62 bits per heavy atom. The topological polar surface area (TPSA) is 63.7 Å². The monoisotopic (exact) mass is 543 g/mol. The summed E-state index contributed by atoms with van der Waals surface area (Å²) in [6.07, 6.45) is 2.14. The molecule has 6 heteroatoms. The predicted octanol–water partition coefficient (Wildman–Crippen LogP) is 6.55. The smallest absolute Gasteiger partial charge is 0.327 e. The SMILES string of the molecule is CC(C)c1ccccc1SC1C(=O)CC(CCCC(=O)N(C)CCc2ccccc2)(c2ccccc2)OC1=O. The van der Waals surface area contributed by atoms with Gasteiger partial charge in [-0.2, -0.15) is 0 Å². The molecule has 0 saturated carbocycles. The Hall–Kier alpha value is -3.38. The van der Waals surface area contributed by atoms with Gasteiger partial charge in [-0.1, -0.05) is 92.7 Å².